The van der Waals surface area contributed by atoms with Gasteiger partial charge in [0.1, 0.15) is 17.6 Å². The van der Waals surface area contributed by atoms with E-state index in [0.717, 1.165) is 0 Å². The SMILES string of the molecule is C=CCN(C(=O)C1N(CCCO)C(=O)[C@@H]2[C@@H](C(=O)OCC)[C@]3(C)OC12CC3C)c1ccc(Cl)cc1. The van der Waals surface area contributed by atoms with E-state index in [2.05, 4.69) is 6.58 Å². The first-order chi connectivity index (χ1) is 16.7. The monoisotopic (exact) mass is 504 g/mol. The smallest absolute Gasteiger partial charge is 0.312 e. The quantitative estimate of drug-likeness (QED) is 0.410. The van der Waals surface area contributed by atoms with Gasteiger partial charge in [0, 0.05) is 30.4 Å². The summed E-state index contributed by atoms with van der Waals surface area (Å²) in [5.41, 5.74) is -1.47. The summed E-state index contributed by atoms with van der Waals surface area (Å²) in [5.74, 6) is -2.81. The second-order valence-electron chi connectivity index (χ2n) is 9.78. The van der Waals surface area contributed by atoms with Gasteiger partial charge < -0.3 is 24.4 Å². The van der Waals surface area contributed by atoms with Crippen molar-refractivity contribution in [3.63, 3.8) is 0 Å². The molecule has 3 fully saturated rings. The van der Waals surface area contributed by atoms with Crippen LogP contribution in [0.5, 0.6) is 0 Å². The molecule has 190 valence electrons. The Morgan fingerprint density at radius 2 is 2.06 bits per heavy atom. The van der Waals surface area contributed by atoms with Crippen molar-refractivity contribution in [2.24, 2.45) is 17.8 Å². The van der Waals surface area contributed by atoms with Crippen molar-refractivity contribution >= 4 is 35.1 Å². The summed E-state index contributed by atoms with van der Waals surface area (Å²) in [4.78, 5) is 44.3. The molecule has 0 aromatic heterocycles. The number of aliphatic hydroxyl groups excluding tert-OH is 1. The van der Waals surface area contributed by atoms with E-state index in [1.54, 1.807) is 42.2 Å². The summed E-state index contributed by atoms with van der Waals surface area (Å²) in [6, 6.07) is 5.92. The van der Waals surface area contributed by atoms with E-state index in [9.17, 15) is 19.5 Å². The largest absolute Gasteiger partial charge is 0.466 e. The van der Waals surface area contributed by atoms with Gasteiger partial charge in [-0.1, -0.05) is 24.6 Å². The molecular formula is C26H33ClN2O6. The van der Waals surface area contributed by atoms with Crippen LogP contribution in [0.25, 0.3) is 0 Å². The summed E-state index contributed by atoms with van der Waals surface area (Å²) in [6.45, 7) is 9.81. The van der Waals surface area contributed by atoms with Gasteiger partial charge >= 0.3 is 5.97 Å². The highest BCUT2D eigenvalue weighted by Crippen LogP contribution is 2.65. The molecule has 3 heterocycles. The number of halogens is 1. The Bertz CT molecular complexity index is 1020. The second-order valence-corrected chi connectivity index (χ2v) is 10.2. The minimum absolute atomic E-state index is 0.0718. The average molecular weight is 505 g/mol. The topological polar surface area (TPSA) is 96.4 Å². The fraction of sp³-hybridized carbons (Fsp3) is 0.577. The van der Waals surface area contributed by atoms with Crippen LogP contribution in [0.3, 0.4) is 0 Å². The number of benzene rings is 1. The number of carbonyl (C=O) groups is 3. The van der Waals surface area contributed by atoms with Gasteiger partial charge in [-0.15, -0.1) is 6.58 Å². The van der Waals surface area contributed by atoms with Gasteiger partial charge in [-0.05, 0) is 56.9 Å². The lowest BCUT2D eigenvalue weighted by molar-refractivity contribution is -0.161. The maximum Gasteiger partial charge on any atom is 0.312 e. The molecule has 3 aliphatic heterocycles. The van der Waals surface area contributed by atoms with Crippen molar-refractivity contribution in [3.8, 4) is 0 Å². The van der Waals surface area contributed by atoms with Crippen molar-refractivity contribution in [3.05, 3.63) is 41.9 Å². The zero-order valence-corrected chi connectivity index (χ0v) is 21.2. The second kappa shape index (κ2) is 9.56. The first-order valence-corrected chi connectivity index (χ1v) is 12.5. The minimum atomic E-state index is -1.17. The summed E-state index contributed by atoms with van der Waals surface area (Å²) in [7, 11) is 0. The molecule has 2 bridgehead atoms. The normalized spacial score (nSPS) is 33.1. The maximum absolute atomic E-state index is 14.3. The molecular weight excluding hydrogens is 472 g/mol. The number of hydrogen-bond acceptors (Lipinski definition) is 6. The van der Waals surface area contributed by atoms with Crippen LogP contribution in [0.1, 0.15) is 33.6 Å². The Balaban J connectivity index is 1.81. The number of aliphatic hydroxyl groups is 1. The van der Waals surface area contributed by atoms with Gasteiger partial charge in [0.2, 0.25) is 5.91 Å². The van der Waals surface area contributed by atoms with E-state index in [4.69, 9.17) is 21.1 Å². The molecule has 1 aromatic rings. The zero-order chi connectivity index (χ0) is 25.5. The molecule has 3 unspecified atom stereocenters. The molecule has 3 saturated heterocycles. The molecule has 6 atom stereocenters. The van der Waals surface area contributed by atoms with Crippen molar-refractivity contribution < 1.29 is 29.0 Å². The molecule has 35 heavy (non-hydrogen) atoms. The molecule has 3 aliphatic rings. The van der Waals surface area contributed by atoms with Crippen LogP contribution < -0.4 is 4.90 Å². The highest BCUT2D eigenvalue weighted by Gasteiger charge is 2.80. The van der Waals surface area contributed by atoms with E-state index in [-0.39, 0.29) is 44.0 Å². The standard InChI is InChI=1S/C26H33ClN2O6/c1-5-12-28(18-10-8-17(27)9-11-18)23(32)21-26-15-16(3)25(4,35-26)20(24(33)34-6-2)19(26)22(31)29(21)13-7-14-30/h5,8-11,16,19-21,30H,1,6-7,12-15H2,2-4H3/t16?,19-,20-,21?,25+,26?/m0/s1. The van der Waals surface area contributed by atoms with Crippen molar-refractivity contribution in [2.75, 3.05) is 31.2 Å². The highest BCUT2D eigenvalue weighted by molar-refractivity contribution is 6.30. The summed E-state index contributed by atoms with van der Waals surface area (Å²) >= 11 is 6.06. The highest BCUT2D eigenvalue weighted by atomic mass is 35.5. The summed E-state index contributed by atoms with van der Waals surface area (Å²) in [5, 5.41) is 10.0. The Morgan fingerprint density at radius 3 is 2.66 bits per heavy atom. The predicted octanol–water partition coefficient (Wildman–Crippen LogP) is 2.82. The Labute approximate surface area is 210 Å². The number of likely N-dealkylation sites (tertiary alicyclic amines) is 1. The first-order valence-electron chi connectivity index (χ1n) is 12.1. The Morgan fingerprint density at radius 1 is 1.37 bits per heavy atom. The Hall–Kier alpha value is -2.42. The number of rotatable bonds is 9. The van der Waals surface area contributed by atoms with Crippen LogP contribution in [-0.4, -0.2) is 71.3 Å². The summed E-state index contributed by atoms with van der Waals surface area (Å²) < 4.78 is 12.0. The fourth-order valence-electron chi connectivity index (χ4n) is 6.31. The minimum Gasteiger partial charge on any atom is -0.466 e. The van der Waals surface area contributed by atoms with Gasteiger partial charge in [-0.25, -0.2) is 0 Å². The third kappa shape index (κ3) is 3.86. The molecule has 4 rings (SSSR count). The predicted molar refractivity (Wildman–Crippen MR) is 131 cm³/mol. The molecule has 0 radical (unpaired) electrons. The molecule has 0 aliphatic carbocycles. The molecule has 9 heteroatoms. The number of fused-ring (bicyclic) bond motifs is 1. The maximum atomic E-state index is 14.3. The average Bonchev–Trinajstić information content (AvgIpc) is 3.33. The lowest BCUT2D eigenvalue weighted by Crippen LogP contribution is -2.57. The van der Waals surface area contributed by atoms with E-state index < -0.39 is 35.0 Å². The first kappa shape index (κ1) is 25.7. The summed E-state index contributed by atoms with van der Waals surface area (Å²) in [6.07, 6.45) is 2.39. The number of anilines is 1. The van der Waals surface area contributed by atoms with E-state index in [0.29, 0.717) is 23.6 Å². The third-order valence-corrected chi connectivity index (χ3v) is 8.11. The molecule has 1 spiro atoms. The van der Waals surface area contributed by atoms with Crippen LogP contribution >= 0.6 is 11.6 Å². The van der Waals surface area contributed by atoms with Gasteiger partial charge in [0.05, 0.1) is 18.1 Å². The lowest BCUT2D eigenvalue weighted by atomic mass is 9.62. The number of esters is 1. The van der Waals surface area contributed by atoms with Crippen LogP contribution in [0.15, 0.2) is 36.9 Å². The van der Waals surface area contributed by atoms with Crippen molar-refractivity contribution in [2.45, 2.75) is 50.9 Å². The van der Waals surface area contributed by atoms with Gasteiger partial charge in [-0.3, -0.25) is 14.4 Å². The van der Waals surface area contributed by atoms with Gasteiger partial charge in [0.25, 0.3) is 5.91 Å². The number of nitrogens with zero attached hydrogens (tertiary/aromatic N) is 2. The van der Waals surface area contributed by atoms with E-state index in [1.165, 1.54) is 4.90 Å². The van der Waals surface area contributed by atoms with Gasteiger partial charge in [0.15, 0.2) is 0 Å². The van der Waals surface area contributed by atoms with Crippen LogP contribution in [0.4, 0.5) is 5.69 Å². The number of ether oxygens (including phenoxy) is 2. The molecule has 8 nitrogen and oxygen atoms in total. The van der Waals surface area contributed by atoms with Gasteiger partial charge in [-0.2, -0.15) is 0 Å². The number of carbonyl (C=O) groups excluding carboxylic acids is 3. The third-order valence-electron chi connectivity index (χ3n) is 7.86. The zero-order valence-electron chi connectivity index (χ0n) is 20.4. The molecule has 1 aromatic carbocycles. The number of hydrogen-bond donors (Lipinski definition) is 1. The van der Waals surface area contributed by atoms with Crippen LogP contribution in [0, 0.1) is 17.8 Å². The van der Waals surface area contributed by atoms with E-state index in [1.807, 2.05) is 13.8 Å². The lowest BCUT2D eigenvalue weighted by Gasteiger charge is -2.37. The van der Waals surface area contributed by atoms with E-state index >= 15 is 0 Å². The molecule has 1 N–H and O–H groups in total. The van der Waals surface area contributed by atoms with Crippen LogP contribution in [-0.2, 0) is 23.9 Å². The number of amides is 2. The van der Waals surface area contributed by atoms with Crippen molar-refractivity contribution in [1.82, 2.24) is 4.90 Å². The van der Waals surface area contributed by atoms with Crippen molar-refractivity contribution in [1.29, 1.82) is 0 Å². The molecule has 0 saturated carbocycles. The fourth-order valence-corrected chi connectivity index (χ4v) is 6.44. The van der Waals surface area contributed by atoms with Crippen LogP contribution in [0.2, 0.25) is 5.02 Å². The molecule has 2 amide bonds. The Kier molecular flexibility index (Phi) is 7.01.